The quantitative estimate of drug-likeness (QED) is 0.591. The van der Waals surface area contributed by atoms with Crippen molar-refractivity contribution in [2.75, 3.05) is 0 Å². The van der Waals surface area contributed by atoms with Crippen molar-refractivity contribution < 1.29 is 4.74 Å². The molecule has 1 aliphatic carbocycles. The van der Waals surface area contributed by atoms with Gasteiger partial charge in [0.25, 0.3) is 0 Å². The molecular weight excluding hydrogens is 136 g/mol. The summed E-state index contributed by atoms with van der Waals surface area (Å²) < 4.78 is 5.54. The van der Waals surface area contributed by atoms with Gasteiger partial charge in [0.1, 0.15) is 5.76 Å². The van der Waals surface area contributed by atoms with Gasteiger partial charge in [-0.2, -0.15) is 0 Å². The number of rotatable bonds is 2. The molecule has 11 heavy (non-hydrogen) atoms. The van der Waals surface area contributed by atoms with Crippen LogP contribution in [0.25, 0.3) is 0 Å². The Morgan fingerprint density at radius 3 is 2.82 bits per heavy atom. The summed E-state index contributed by atoms with van der Waals surface area (Å²) in [6.07, 6.45) is 7.84. The molecule has 0 aromatic rings. The Morgan fingerprint density at radius 1 is 1.55 bits per heavy atom. The van der Waals surface area contributed by atoms with Crippen molar-refractivity contribution in [2.45, 2.75) is 33.3 Å². The van der Waals surface area contributed by atoms with Crippen molar-refractivity contribution in [3.05, 3.63) is 24.0 Å². The van der Waals surface area contributed by atoms with Crippen LogP contribution in [0.1, 0.15) is 27.2 Å². The minimum Gasteiger partial charge on any atom is -0.491 e. The van der Waals surface area contributed by atoms with E-state index in [0.29, 0.717) is 5.92 Å². The molecule has 1 rings (SSSR count). The average molecular weight is 152 g/mol. The number of ether oxygens (including phenoxy) is 1. The van der Waals surface area contributed by atoms with Crippen LogP contribution in [0.2, 0.25) is 0 Å². The van der Waals surface area contributed by atoms with Crippen LogP contribution in [-0.2, 0) is 4.74 Å². The van der Waals surface area contributed by atoms with Crippen LogP contribution in [-0.4, -0.2) is 6.10 Å². The van der Waals surface area contributed by atoms with E-state index < -0.39 is 0 Å². The second-order valence-corrected chi connectivity index (χ2v) is 3.35. The van der Waals surface area contributed by atoms with Gasteiger partial charge in [0, 0.05) is 0 Å². The number of hydrogen-bond acceptors (Lipinski definition) is 1. The monoisotopic (exact) mass is 152 g/mol. The molecule has 1 atom stereocenters. The van der Waals surface area contributed by atoms with Crippen LogP contribution in [0.5, 0.6) is 0 Å². The summed E-state index contributed by atoms with van der Waals surface area (Å²) in [4.78, 5) is 0. The highest BCUT2D eigenvalue weighted by atomic mass is 16.5. The lowest BCUT2D eigenvalue weighted by Crippen LogP contribution is -2.04. The normalized spacial score (nSPS) is 23.6. The summed E-state index contributed by atoms with van der Waals surface area (Å²) in [6, 6.07) is 0. The molecule has 62 valence electrons. The Bertz CT molecular complexity index is 177. The molecule has 0 heterocycles. The molecule has 1 aliphatic rings. The van der Waals surface area contributed by atoms with Gasteiger partial charge in [0.05, 0.1) is 6.10 Å². The molecule has 0 spiro atoms. The van der Waals surface area contributed by atoms with Crippen molar-refractivity contribution in [1.82, 2.24) is 0 Å². The maximum Gasteiger partial charge on any atom is 0.115 e. The van der Waals surface area contributed by atoms with Crippen LogP contribution in [0.3, 0.4) is 0 Å². The number of allylic oxidation sites excluding steroid dienone is 3. The zero-order valence-corrected chi connectivity index (χ0v) is 7.50. The minimum absolute atomic E-state index is 0.288. The minimum atomic E-state index is 0.288. The summed E-state index contributed by atoms with van der Waals surface area (Å²) >= 11 is 0. The van der Waals surface area contributed by atoms with Gasteiger partial charge < -0.3 is 4.74 Å². The summed E-state index contributed by atoms with van der Waals surface area (Å²) in [6.45, 7) is 6.30. The summed E-state index contributed by atoms with van der Waals surface area (Å²) in [5.74, 6) is 1.66. The van der Waals surface area contributed by atoms with Crippen molar-refractivity contribution in [3.63, 3.8) is 0 Å². The van der Waals surface area contributed by atoms with Crippen LogP contribution in [0.15, 0.2) is 24.0 Å². The molecule has 0 N–H and O–H groups in total. The Morgan fingerprint density at radius 2 is 2.27 bits per heavy atom. The van der Waals surface area contributed by atoms with E-state index in [0.717, 1.165) is 12.2 Å². The average Bonchev–Trinajstić information content (AvgIpc) is 1.85. The molecule has 0 fully saturated rings. The van der Waals surface area contributed by atoms with Crippen molar-refractivity contribution >= 4 is 0 Å². The zero-order valence-electron chi connectivity index (χ0n) is 7.50. The first-order valence-corrected chi connectivity index (χ1v) is 4.23. The lowest BCUT2D eigenvalue weighted by atomic mass is 10.0. The highest BCUT2D eigenvalue weighted by Gasteiger charge is 2.05. The first kappa shape index (κ1) is 8.38. The third-order valence-corrected chi connectivity index (χ3v) is 1.61. The van der Waals surface area contributed by atoms with Crippen LogP contribution < -0.4 is 0 Å². The van der Waals surface area contributed by atoms with E-state index in [9.17, 15) is 0 Å². The number of hydrogen-bond donors (Lipinski definition) is 0. The Balaban J connectivity index is 2.50. The van der Waals surface area contributed by atoms with Gasteiger partial charge in [0.2, 0.25) is 0 Å². The van der Waals surface area contributed by atoms with Crippen LogP contribution in [0.4, 0.5) is 0 Å². The van der Waals surface area contributed by atoms with E-state index in [1.54, 1.807) is 0 Å². The fourth-order valence-corrected chi connectivity index (χ4v) is 1.15. The van der Waals surface area contributed by atoms with Gasteiger partial charge in [-0.25, -0.2) is 0 Å². The van der Waals surface area contributed by atoms with E-state index >= 15 is 0 Å². The third kappa shape index (κ3) is 2.79. The first-order valence-electron chi connectivity index (χ1n) is 4.23. The predicted octanol–water partition coefficient (Wildman–Crippen LogP) is 2.89. The molecule has 0 amide bonds. The molecule has 0 aliphatic heterocycles. The lowest BCUT2D eigenvalue weighted by Gasteiger charge is -2.15. The molecule has 0 radical (unpaired) electrons. The molecular formula is C10H16O. The van der Waals surface area contributed by atoms with E-state index in [2.05, 4.69) is 25.2 Å². The van der Waals surface area contributed by atoms with Crippen molar-refractivity contribution in [3.8, 4) is 0 Å². The summed E-state index contributed by atoms with van der Waals surface area (Å²) in [7, 11) is 0. The van der Waals surface area contributed by atoms with Gasteiger partial charge in [-0.15, -0.1) is 0 Å². The highest BCUT2D eigenvalue weighted by molar-refractivity contribution is 5.17. The molecule has 0 unspecified atom stereocenters. The molecule has 1 heteroatoms. The molecule has 0 aromatic carbocycles. The lowest BCUT2D eigenvalue weighted by molar-refractivity contribution is 0.155. The maximum atomic E-state index is 5.54. The topological polar surface area (TPSA) is 9.23 Å². The smallest absolute Gasteiger partial charge is 0.115 e. The molecule has 0 bridgehead atoms. The van der Waals surface area contributed by atoms with E-state index in [1.165, 1.54) is 0 Å². The molecule has 1 nitrogen and oxygen atoms in total. The van der Waals surface area contributed by atoms with Gasteiger partial charge >= 0.3 is 0 Å². The van der Waals surface area contributed by atoms with Gasteiger partial charge in [-0.05, 0) is 38.3 Å². The van der Waals surface area contributed by atoms with Crippen molar-refractivity contribution in [1.29, 1.82) is 0 Å². The first-order chi connectivity index (χ1) is 5.18. The van der Waals surface area contributed by atoms with E-state index in [-0.39, 0.29) is 6.10 Å². The molecule has 0 saturated heterocycles. The van der Waals surface area contributed by atoms with E-state index in [4.69, 9.17) is 4.74 Å². The molecule has 0 aromatic heterocycles. The van der Waals surface area contributed by atoms with Gasteiger partial charge in [-0.1, -0.05) is 13.0 Å². The Kier molecular flexibility index (Phi) is 2.75. The summed E-state index contributed by atoms with van der Waals surface area (Å²) in [5, 5.41) is 0. The van der Waals surface area contributed by atoms with Gasteiger partial charge in [-0.3, -0.25) is 0 Å². The Hall–Kier alpha value is -0.720. The Labute approximate surface area is 68.8 Å². The fourth-order valence-electron chi connectivity index (χ4n) is 1.15. The maximum absolute atomic E-state index is 5.54. The second-order valence-electron chi connectivity index (χ2n) is 3.35. The highest BCUT2D eigenvalue weighted by Crippen LogP contribution is 2.17. The van der Waals surface area contributed by atoms with Crippen molar-refractivity contribution in [2.24, 2.45) is 5.92 Å². The zero-order chi connectivity index (χ0) is 8.27. The van der Waals surface area contributed by atoms with Crippen LogP contribution >= 0.6 is 0 Å². The van der Waals surface area contributed by atoms with E-state index in [1.807, 2.05) is 13.8 Å². The second kappa shape index (κ2) is 3.61. The predicted molar refractivity (Wildman–Crippen MR) is 47.2 cm³/mol. The van der Waals surface area contributed by atoms with Crippen LogP contribution in [0, 0.1) is 5.92 Å². The summed E-state index contributed by atoms with van der Waals surface area (Å²) in [5.41, 5.74) is 0. The standard InChI is InChI=1S/C10H16O/c1-8(2)11-10-6-4-5-9(3)7-10/h4,6-9H,5H2,1-3H3/t9-/m1/s1. The largest absolute Gasteiger partial charge is 0.491 e. The van der Waals surface area contributed by atoms with Gasteiger partial charge in [0.15, 0.2) is 0 Å². The molecule has 0 saturated carbocycles. The SMILES string of the molecule is CC(C)OC1=C[C@H](C)CC=C1. The fraction of sp³-hybridized carbons (Fsp3) is 0.600. The third-order valence-electron chi connectivity index (χ3n) is 1.61.